The van der Waals surface area contributed by atoms with Crippen molar-refractivity contribution < 1.29 is 9.21 Å². The van der Waals surface area contributed by atoms with Crippen molar-refractivity contribution in [3.05, 3.63) is 48.2 Å². The molecule has 0 radical (unpaired) electrons. The molecule has 24 heavy (non-hydrogen) atoms. The number of carbonyl (C=O) groups is 1. The summed E-state index contributed by atoms with van der Waals surface area (Å²) in [7, 11) is 0. The van der Waals surface area contributed by atoms with Gasteiger partial charge in [0.05, 0.1) is 5.56 Å². The molecule has 1 saturated heterocycles. The number of primary amides is 1. The minimum atomic E-state index is -0.459. The summed E-state index contributed by atoms with van der Waals surface area (Å²) < 4.78 is 5.82. The number of nitrogens with zero attached hydrogens (tertiary/aromatic N) is 4. The summed E-state index contributed by atoms with van der Waals surface area (Å²) in [5.74, 6) is 0.182. The van der Waals surface area contributed by atoms with Crippen LogP contribution in [0.5, 0.6) is 0 Å². The number of amides is 1. The lowest BCUT2D eigenvalue weighted by Gasteiger charge is -2.35. The van der Waals surface area contributed by atoms with Crippen molar-refractivity contribution in [1.29, 1.82) is 0 Å². The van der Waals surface area contributed by atoms with Crippen molar-refractivity contribution in [2.24, 2.45) is 5.73 Å². The third-order valence-corrected chi connectivity index (χ3v) is 4.18. The van der Waals surface area contributed by atoms with Gasteiger partial charge in [0.2, 0.25) is 0 Å². The molecule has 3 aromatic rings. The maximum atomic E-state index is 11.6. The minimum Gasteiger partial charge on any atom is -0.423 e. The van der Waals surface area contributed by atoms with Crippen LogP contribution >= 0.6 is 0 Å². The molecule has 2 N–H and O–H groups in total. The molecule has 3 heterocycles. The van der Waals surface area contributed by atoms with Gasteiger partial charge in [0.15, 0.2) is 5.58 Å². The second-order valence-corrected chi connectivity index (χ2v) is 5.68. The molecule has 1 amide bonds. The summed E-state index contributed by atoms with van der Waals surface area (Å²) in [5.41, 5.74) is 7.54. The van der Waals surface area contributed by atoms with Crippen LogP contribution < -0.4 is 15.5 Å². The van der Waals surface area contributed by atoms with Gasteiger partial charge in [-0.05, 0) is 24.3 Å². The fourth-order valence-corrected chi connectivity index (χ4v) is 2.95. The number of hydrogen-bond donors (Lipinski definition) is 1. The highest BCUT2D eigenvalue weighted by molar-refractivity contribution is 5.97. The normalized spacial score (nSPS) is 15.0. The van der Waals surface area contributed by atoms with Crippen LogP contribution in [0.15, 0.2) is 47.0 Å². The summed E-state index contributed by atoms with van der Waals surface area (Å²) in [6.45, 7) is 2.91. The zero-order valence-corrected chi connectivity index (χ0v) is 13.1. The molecule has 0 bridgehead atoms. The fourth-order valence-electron chi connectivity index (χ4n) is 2.95. The van der Waals surface area contributed by atoms with Gasteiger partial charge in [-0.15, -0.1) is 0 Å². The van der Waals surface area contributed by atoms with Crippen molar-refractivity contribution in [1.82, 2.24) is 9.97 Å². The van der Waals surface area contributed by atoms with Crippen LogP contribution in [0, 0.1) is 0 Å². The Balaban J connectivity index is 1.52. The average Bonchev–Trinajstić information content (AvgIpc) is 3.06. The number of fused-ring (bicyclic) bond motifs is 1. The van der Waals surface area contributed by atoms with Gasteiger partial charge in [-0.3, -0.25) is 4.79 Å². The molecular formula is C17H17N5O2. The first-order valence-corrected chi connectivity index (χ1v) is 7.82. The van der Waals surface area contributed by atoms with Crippen molar-refractivity contribution in [3.63, 3.8) is 0 Å². The molecule has 0 unspecified atom stereocenters. The number of anilines is 2. The predicted molar refractivity (Wildman–Crippen MR) is 91.2 cm³/mol. The maximum Gasteiger partial charge on any atom is 0.298 e. The highest BCUT2D eigenvalue weighted by atomic mass is 16.4. The van der Waals surface area contributed by atoms with E-state index in [1.807, 2.05) is 24.3 Å². The van der Waals surface area contributed by atoms with Crippen LogP contribution in [0.25, 0.3) is 11.1 Å². The maximum absolute atomic E-state index is 11.6. The van der Waals surface area contributed by atoms with E-state index in [-0.39, 0.29) is 0 Å². The van der Waals surface area contributed by atoms with Gasteiger partial charge in [-0.2, -0.15) is 4.98 Å². The van der Waals surface area contributed by atoms with Gasteiger partial charge in [0, 0.05) is 32.4 Å². The van der Waals surface area contributed by atoms with E-state index in [1.54, 1.807) is 18.3 Å². The predicted octanol–water partition coefficient (Wildman–Crippen LogP) is 1.65. The number of nitrogens with two attached hydrogens (primary N) is 1. The summed E-state index contributed by atoms with van der Waals surface area (Å²) >= 11 is 0. The Bertz CT molecular complexity index is 850. The summed E-state index contributed by atoms with van der Waals surface area (Å²) in [4.78, 5) is 24.6. The van der Waals surface area contributed by atoms with E-state index < -0.39 is 5.91 Å². The number of pyridine rings is 1. The smallest absolute Gasteiger partial charge is 0.298 e. The molecule has 1 aliphatic rings. The quantitative estimate of drug-likeness (QED) is 0.788. The molecule has 0 aliphatic carbocycles. The molecule has 122 valence electrons. The van der Waals surface area contributed by atoms with E-state index in [0.717, 1.165) is 37.3 Å². The Morgan fingerprint density at radius 1 is 1.04 bits per heavy atom. The van der Waals surface area contributed by atoms with Gasteiger partial charge in [0.1, 0.15) is 11.3 Å². The third kappa shape index (κ3) is 2.54. The lowest BCUT2D eigenvalue weighted by molar-refractivity contribution is 0.100. The summed E-state index contributed by atoms with van der Waals surface area (Å²) in [5, 5.41) is 0. The number of rotatable bonds is 3. The number of para-hydroxylation sites is 2. The number of benzene rings is 1. The van der Waals surface area contributed by atoms with Gasteiger partial charge in [-0.25, -0.2) is 4.98 Å². The zero-order chi connectivity index (χ0) is 16.5. The van der Waals surface area contributed by atoms with Crippen LogP contribution in [0.1, 0.15) is 10.4 Å². The SMILES string of the molecule is NC(=O)c1cccnc1N1CCN(c2nc3ccccc3o2)CC1. The lowest BCUT2D eigenvalue weighted by atomic mass is 10.2. The van der Waals surface area contributed by atoms with E-state index in [1.165, 1.54) is 0 Å². The van der Waals surface area contributed by atoms with E-state index in [2.05, 4.69) is 19.8 Å². The molecule has 0 atom stereocenters. The van der Waals surface area contributed by atoms with E-state index in [9.17, 15) is 4.79 Å². The Morgan fingerprint density at radius 2 is 1.79 bits per heavy atom. The number of oxazole rings is 1. The number of piperazine rings is 1. The van der Waals surface area contributed by atoms with Crippen LogP contribution in [-0.4, -0.2) is 42.1 Å². The van der Waals surface area contributed by atoms with Crippen LogP contribution in [0.3, 0.4) is 0 Å². The van der Waals surface area contributed by atoms with Crippen LogP contribution in [0.4, 0.5) is 11.8 Å². The molecule has 0 saturated carbocycles. The van der Waals surface area contributed by atoms with E-state index in [0.29, 0.717) is 17.4 Å². The highest BCUT2D eigenvalue weighted by Gasteiger charge is 2.24. The number of hydrogen-bond acceptors (Lipinski definition) is 6. The molecule has 1 aliphatic heterocycles. The second-order valence-electron chi connectivity index (χ2n) is 5.68. The molecule has 0 spiro atoms. The van der Waals surface area contributed by atoms with Crippen molar-refractivity contribution in [2.75, 3.05) is 36.0 Å². The standard InChI is InChI=1S/C17H17N5O2/c18-15(23)12-4-3-7-19-16(12)21-8-10-22(11-9-21)17-20-13-5-1-2-6-14(13)24-17/h1-7H,8-11H2,(H2,18,23). The third-order valence-electron chi connectivity index (χ3n) is 4.18. The Hall–Kier alpha value is -3.09. The zero-order valence-electron chi connectivity index (χ0n) is 13.1. The first-order chi connectivity index (χ1) is 11.7. The summed E-state index contributed by atoms with van der Waals surface area (Å²) in [6.07, 6.45) is 1.68. The number of aromatic nitrogens is 2. The molecule has 7 heteroatoms. The van der Waals surface area contributed by atoms with E-state index >= 15 is 0 Å². The number of carbonyl (C=O) groups excluding carboxylic acids is 1. The van der Waals surface area contributed by atoms with Gasteiger partial charge >= 0.3 is 0 Å². The topological polar surface area (TPSA) is 88.5 Å². The van der Waals surface area contributed by atoms with Gasteiger partial charge in [-0.1, -0.05) is 12.1 Å². The highest BCUT2D eigenvalue weighted by Crippen LogP contribution is 2.24. The lowest BCUT2D eigenvalue weighted by Crippen LogP contribution is -2.47. The monoisotopic (exact) mass is 323 g/mol. The second kappa shape index (κ2) is 5.84. The Labute approximate surface area is 138 Å². The fraction of sp³-hybridized carbons (Fsp3) is 0.235. The first kappa shape index (κ1) is 14.5. The van der Waals surface area contributed by atoms with Crippen LogP contribution in [-0.2, 0) is 0 Å². The minimum absolute atomic E-state index is 0.452. The van der Waals surface area contributed by atoms with Gasteiger partial charge in [0.25, 0.3) is 11.9 Å². The van der Waals surface area contributed by atoms with Crippen molar-refractivity contribution in [3.8, 4) is 0 Å². The van der Waals surface area contributed by atoms with Crippen molar-refractivity contribution >= 4 is 28.8 Å². The van der Waals surface area contributed by atoms with Crippen LogP contribution in [0.2, 0.25) is 0 Å². The average molecular weight is 323 g/mol. The molecular weight excluding hydrogens is 306 g/mol. The van der Waals surface area contributed by atoms with Crippen molar-refractivity contribution in [2.45, 2.75) is 0 Å². The molecule has 1 fully saturated rings. The largest absolute Gasteiger partial charge is 0.423 e. The molecule has 4 rings (SSSR count). The Morgan fingerprint density at radius 3 is 2.54 bits per heavy atom. The first-order valence-electron chi connectivity index (χ1n) is 7.82. The molecule has 2 aromatic heterocycles. The van der Waals surface area contributed by atoms with Gasteiger partial charge < -0.3 is 20.0 Å². The Kier molecular flexibility index (Phi) is 3.53. The van der Waals surface area contributed by atoms with E-state index in [4.69, 9.17) is 10.2 Å². The summed E-state index contributed by atoms with van der Waals surface area (Å²) in [6, 6.07) is 11.8. The molecule has 7 nitrogen and oxygen atoms in total. The molecule has 1 aromatic carbocycles.